The maximum atomic E-state index is 12.1. The Morgan fingerprint density at radius 2 is 1.71 bits per heavy atom. The number of carbonyl (C=O) groups excluding carboxylic acids is 1. The first-order chi connectivity index (χ1) is 8.00. The van der Waals surface area contributed by atoms with E-state index >= 15 is 0 Å². The molecule has 0 unspecified atom stereocenters. The van der Waals surface area contributed by atoms with Crippen LogP contribution in [0.2, 0.25) is 0 Å². The van der Waals surface area contributed by atoms with Crippen LogP contribution in [-0.4, -0.2) is 17.9 Å². The van der Waals surface area contributed by atoms with Crippen molar-refractivity contribution in [2.45, 2.75) is 46.2 Å². The molecular weight excluding hydrogens is 210 g/mol. The second-order valence-electron chi connectivity index (χ2n) is 5.12. The van der Waals surface area contributed by atoms with Crippen molar-refractivity contribution in [2.24, 2.45) is 5.92 Å². The Bertz CT molecular complexity index is 343. The van der Waals surface area contributed by atoms with Crippen LogP contribution >= 0.6 is 0 Å². The summed E-state index contributed by atoms with van der Waals surface area (Å²) in [6.07, 6.45) is 0.774. The summed E-state index contributed by atoms with van der Waals surface area (Å²) in [5.74, 6) is 0.373. The first kappa shape index (κ1) is 13.9. The molecule has 0 bridgehead atoms. The summed E-state index contributed by atoms with van der Waals surface area (Å²) in [4.78, 5) is 12.1. The molecule has 2 heteroatoms. The van der Waals surface area contributed by atoms with Crippen LogP contribution in [0.25, 0.3) is 0 Å². The number of rotatable bonds is 6. The highest BCUT2D eigenvalue weighted by Gasteiger charge is 2.21. The van der Waals surface area contributed by atoms with Gasteiger partial charge in [0, 0.05) is 12.0 Å². The van der Waals surface area contributed by atoms with Crippen LogP contribution in [0.1, 0.15) is 33.3 Å². The fourth-order valence-electron chi connectivity index (χ4n) is 1.90. The number of benzene rings is 1. The van der Waals surface area contributed by atoms with Crippen molar-refractivity contribution in [3.05, 3.63) is 35.9 Å². The highest BCUT2D eigenvalue weighted by atomic mass is 16.1. The topological polar surface area (TPSA) is 29.1 Å². The fourth-order valence-corrected chi connectivity index (χ4v) is 1.90. The lowest BCUT2D eigenvalue weighted by molar-refractivity contribution is -0.124. The van der Waals surface area contributed by atoms with Gasteiger partial charge in [-0.25, -0.2) is 0 Å². The molecule has 1 N–H and O–H groups in total. The minimum Gasteiger partial charge on any atom is -0.305 e. The van der Waals surface area contributed by atoms with E-state index in [0.29, 0.717) is 11.8 Å². The summed E-state index contributed by atoms with van der Waals surface area (Å²) < 4.78 is 0. The zero-order valence-corrected chi connectivity index (χ0v) is 11.2. The molecule has 0 fully saturated rings. The minimum atomic E-state index is -0.0719. The Morgan fingerprint density at radius 1 is 1.12 bits per heavy atom. The second kappa shape index (κ2) is 6.55. The third-order valence-electron chi connectivity index (χ3n) is 2.73. The van der Waals surface area contributed by atoms with E-state index in [1.54, 1.807) is 0 Å². The summed E-state index contributed by atoms with van der Waals surface area (Å²) in [5.41, 5.74) is 1.21. The molecule has 0 heterocycles. The maximum Gasteiger partial charge on any atom is 0.152 e. The number of ketones is 1. The van der Waals surface area contributed by atoms with Crippen molar-refractivity contribution in [3.63, 3.8) is 0 Å². The number of nitrogens with one attached hydrogen (secondary N) is 1. The average Bonchev–Trinajstić information content (AvgIpc) is 2.28. The number of carbonyl (C=O) groups is 1. The van der Waals surface area contributed by atoms with Crippen LogP contribution < -0.4 is 5.32 Å². The SMILES string of the molecule is CC(C)N[C@H](Cc1ccccc1)C(=O)C(C)C. The molecule has 0 aliphatic rings. The van der Waals surface area contributed by atoms with E-state index in [1.165, 1.54) is 5.56 Å². The standard InChI is InChI=1S/C15H23NO/c1-11(2)15(17)14(16-12(3)4)10-13-8-6-5-7-9-13/h5-9,11-12,14,16H,10H2,1-4H3/t14-/m1/s1. The molecule has 0 aliphatic heterocycles. The molecule has 0 radical (unpaired) electrons. The zero-order valence-electron chi connectivity index (χ0n) is 11.2. The Morgan fingerprint density at radius 3 is 2.18 bits per heavy atom. The number of hydrogen-bond donors (Lipinski definition) is 1. The summed E-state index contributed by atoms with van der Waals surface area (Å²) in [5, 5.41) is 3.36. The van der Waals surface area contributed by atoms with Gasteiger partial charge in [0.1, 0.15) is 0 Å². The van der Waals surface area contributed by atoms with Crippen molar-refractivity contribution in [1.82, 2.24) is 5.32 Å². The molecule has 0 spiro atoms. The second-order valence-corrected chi connectivity index (χ2v) is 5.12. The zero-order chi connectivity index (χ0) is 12.8. The average molecular weight is 233 g/mol. The number of Topliss-reactive ketones (excluding diaryl/α,β-unsaturated/α-hetero) is 1. The van der Waals surface area contributed by atoms with E-state index in [4.69, 9.17) is 0 Å². The molecule has 1 aromatic rings. The molecule has 0 saturated carbocycles. The normalized spacial score (nSPS) is 13.1. The van der Waals surface area contributed by atoms with Gasteiger partial charge in [0.05, 0.1) is 6.04 Å². The van der Waals surface area contributed by atoms with Gasteiger partial charge < -0.3 is 5.32 Å². The van der Waals surface area contributed by atoms with E-state index < -0.39 is 0 Å². The van der Waals surface area contributed by atoms with Crippen LogP contribution in [0.4, 0.5) is 0 Å². The van der Waals surface area contributed by atoms with Gasteiger partial charge in [0.2, 0.25) is 0 Å². The van der Waals surface area contributed by atoms with Gasteiger partial charge in [-0.15, -0.1) is 0 Å². The monoisotopic (exact) mass is 233 g/mol. The van der Waals surface area contributed by atoms with Gasteiger partial charge in [-0.3, -0.25) is 4.79 Å². The molecule has 1 atom stereocenters. The predicted molar refractivity (Wildman–Crippen MR) is 72.1 cm³/mol. The van der Waals surface area contributed by atoms with E-state index in [-0.39, 0.29) is 12.0 Å². The van der Waals surface area contributed by atoms with Gasteiger partial charge in [0.15, 0.2) is 5.78 Å². The first-order valence-electron chi connectivity index (χ1n) is 6.34. The lowest BCUT2D eigenvalue weighted by Gasteiger charge is -2.22. The molecule has 0 aliphatic carbocycles. The summed E-state index contributed by atoms with van der Waals surface area (Å²) in [7, 11) is 0. The molecule has 0 saturated heterocycles. The van der Waals surface area contributed by atoms with Crippen molar-refractivity contribution < 1.29 is 4.79 Å². The third kappa shape index (κ3) is 4.70. The molecule has 0 aromatic heterocycles. The Hall–Kier alpha value is -1.15. The highest BCUT2D eigenvalue weighted by molar-refractivity contribution is 5.86. The summed E-state index contributed by atoms with van der Waals surface area (Å²) in [6, 6.07) is 10.4. The van der Waals surface area contributed by atoms with Crippen molar-refractivity contribution in [1.29, 1.82) is 0 Å². The minimum absolute atomic E-state index is 0.0719. The fraction of sp³-hybridized carbons (Fsp3) is 0.533. The molecular formula is C15H23NO. The molecule has 2 nitrogen and oxygen atoms in total. The largest absolute Gasteiger partial charge is 0.305 e. The molecule has 17 heavy (non-hydrogen) atoms. The first-order valence-corrected chi connectivity index (χ1v) is 6.34. The molecule has 1 aromatic carbocycles. The van der Waals surface area contributed by atoms with Crippen molar-refractivity contribution in [3.8, 4) is 0 Å². The Labute approximate surface area is 104 Å². The van der Waals surface area contributed by atoms with Crippen LogP contribution in [0.5, 0.6) is 0 Å². The highest BCUT2D eigenvalue weighted by Crippen LogP contribution is 2.09. The summed E-state index contributed by atoms with van der Waals surface area (Å²) in [6.45, 7) is 8.07. The van der Waals surface area contributed by atoms with Gasteiger partial charge in [-0.1, -0.05) is 58.0 Å². The smallest absolute Gasteiger partial charge is 0.152 e. The van der Waals surface area contributed by atoms with Crippen molar-refractivity contribution in [2.75, 3.05) is 0 Å². The Kier molecular flexibility index (Phi) is 5.36. The lowest BCUT2D eigenvalue weighted by atomic mass is 9.95. The maximum absolute atomic E-state index is 12.1. The molecule has 0 amide bonds. The summed E-state index contributed by atoms with van der Waals surface area (Å²) >= 11 is 0. The Balaban J connectivity index is 2.74. The van der Waals surface area contributed by atoms with Gasteiger partial charge >= 0.3 is 0 Å². The lowest BCUT2D eigenvalue weighted by Crippen LogP contribution is -2.44. The van der Waals surface area contributed by atoms with E-state index in [1.807, 2.05) is 32.0 Å². The predicted octanol–water partition coefficient (Wildman–Crippen LogP) is 2.82. The quantitative estimate of drug-likeness (QED) is 0.818. The van der Waals surface area contributed by atoms with Crippen molar-refractivity contribution >= 4 is 5.78 Å². The van der Waals surface area contributed by atoms with Gasteiger partial charge in [0.25, 0.3) is 0 Å². The van der Waals surface area contributed by atoms with E-state index in [2.05, 4.69) is 31.3 Å². The van der Waals surface area contributed by atoms with Crippen LogP contribution in [0, 0.1) is 5.92 Å². The van der Waals surface area contributed by atoms with Crippen LogP contribution in [-0.2, 0) is 11.2 Å². The molecule has 1 rings (SSSR count). The van der Waals surface area contributed by atoms with E-state index in [9.17, 15) is 4.79 Å². The van der Waals surface area contributed by atoms with Gasteiger partial charge in [-0.05, 0) is 12.0 Å². The van der Waals surface area contributed by atoms with Gasteiger partial charge in [-0.2, -0.15) is 0 Å². The third-order valence-corrected chi connectivity index (χ3v) is 2.73. The van der Waals surface area contributed by atoms with Crippen LogP contribution in [0.15, 0.2) is 30.3 Å². The van der Waals surface area contributed by atoms with E-state index in [0.717, 1.165) is 6.42 Å². The van der Waals surface area contributed by atoms with Crippen LogP contribution in [0.3, 0.4) is 0 Å². The molecule has 94 valence electrons. The number of hydrogen-bond acceptors (Lipinski definition) is 2.